The van der Waals surface area contributed by atoms with Crippen molar-refractivity contribution in [3.63, 3.8) is 0 Å². The van der Waals surface area contributed by atoms with Crippen molar-refractivity contribution in [2.45, 2.75) is 45.6 Å². The Kier molecular flexibility index (Phi) is 4.49. The van der Waals surface area contributed by atoms with Gasteiger partial charge in [-0.3, -0.25) is 0 Å². The summed E-state index contributed by atoms with van der Waals surface area (Å²) in [4.78, 5) is 8.87. The molecule has 0 aliphatic rings. The average molecular weight is 302 g/mol. The molecule has 1 aromatic rings. The lowest BCUT2D eigenvalue weighted by Gasteiger charge is -2.22. The minimum Gasteiger partial charge on any atom is -0.383 e. The summed E-state index contributed by atoms with van der Waals surface area (Å²) >= 11 is 3.45. The first-order valence-corrected chi connectivity index (χ1v) is 6.46. The number of methoxy groups -OCH3 is 1. The van der Waals surface area contributed by atoms with Crippen LogP contribution in [0.15, 0.2) is 4.47 Å². The lowest BCUT2D eigenvalue weighted by molar-refractivity contribution is 0.0923. The zero-order valence-electron chi connectivity index (χ0n) is 11.0. The second-order valence-corrected chi connectivity index (χ2v) is 5.81. The fourth-order valence-corrected chi connectivity index (χ4v) is 2.35. The van der Waals surface area contributed by atoms with Crippen LogP contribution in [0.3, 0.4) is 0 Å². The summed E-state index contributed by atoms with van der Waals surface area (Å²) in [6.07, 6.45) is 0.715. The van der Waals surface area contributed by atoms with E-state index in [1.54, 1.807) is 7.11 Å². The standard InChI is InChI=1S/C12H20BrN3O/c1-6-7(17-5)11-15-9(12(2,3)4)8(13)10(14)16-11/h7H,6H2,1-5H3,(H2,14,15,16). The normalized spacial score (nSPS) is 13.8. The summed E-state index contributed by atoms with van der Waals surface area (Å²) in [6.45, 7) is 8.32. The number of hydrogen-bond donors (Lipinski definition) is 1. The van der Waals surface area contributed by atoms with Crippen molar-refractivity contribution in [1.82, 2.24) is 9.97 Å². The van der Waals surface area contributed by atoms with Crippen LogP contribution in [0.1, 0.15) is 51.7 Å². The van der Waals surface area contributed by atoms with Crippen molar-refractivity contribution in [3.8, 4) is 0 Å². The maximum Gasteiger partial charge on any atom is 0.159 e. The fourth-order valence-electron chi connectivity index (χ4n) is 1.58. The molecule has 1 rings (SSSR count). The van der Waals surface area contributed by atoms with E-state index in [9.17, 15) is 0 Å². The molecule has 2 N–H and O–H groups in total. The average Bonchev–Trinajstić information content (AvgIpc) is 2.23. The number of hydrogen-bond acceptors (Lipinski definition) is 4. The van der Waals surface area contributed by atoms with Gasteiger partial charge >= 0.3 is 0 Å². The molecule has 0 aromatic carbocycles. The van der Waals surface area contributed by atoms with Crippen molar-refractivity contribution in [2.75, 3.05) is 12.8 Å². The van der Waals surface area contributed by atoms with Gasteiger partial charge < -0.3 is 10.5 Å². The first-order chi connectivity index (χ1) is 7.81. The van der Waals surface area contributed by atoms with Gasteiger partial charge in [0.1, 0.15) is 11.9 Å². The number of nitrogens with two attached hydrogens (primary N) is 1. The molecule has 0 fully saturated rings. The van der Waals surface area contributed by atoms with Gasteiger partial charge in [0.05, 0.1) is 10.2 Å². The van der Waals surface area contributed by atoms with E-state index < -0.39 is 0 Å². The molecule has 1 atom stereocenters. The van der Waals surface area contributed by atoms with E-state index in [0.717, 1.165) is 16.6 Å². The summed E-state index contributed by atoms with van der Waals surface area (Å²) in [6, 6.07) is 0. The lowest BCUT2D eigenvalue weighted by atomic mass is 9.91. The van der Waals surface area contributed by atoms with Gasteiger partial charge in [-0.25, -0.2) is 9.97 Å². The topological polar surface area (TPSA) is 61.0 Å². The first-order valence-electron chi connectivity index (χ1n) is 5.67. The number of anilines is 1. The number of aromatic nitrogens is 2. The van der Waals surface area contributed by atoms with Gasteiger partial charge in [-0.2, -0.15) is 0 Å². The molecule has 0 saturated heterocycles. The Morgan fingerprint density at radius 3 is 2.35 bits per heavy atom. The van der Waals surface area contributed by atoms with Gasteiger partial charge in [0.15, 0.2) is 5.82 Å². The molecule has 0 bridgehead atoms. The predicted molar refractivity (Wildman–Crippen MR) is 72.9 cm³/mol. The number of rotatable bonds is 3. The quantitative estimate of drug-likeness (QED) is 0.931. The summed E-state index contributed by atoms with van der Waals surface area (Å²) in [5, 5.41) is 0. The second-order valence-electron chi connectivity index (χ2n) is 5.01. The van der Waals surface area contributed by atoms with Crippen molar-refractivity contribution >= 4 is 21.7 Å². The predicted octanol–water partition coefficient (Wildman–Crippen LogP) is 3.22. The third-order valence-electron chi connectivity index (χ3n) is 2.55. The highest BCUT2D eigenvalue weighted by atomic mass is 79.9. The summed E-state index contributed by atoms with van der Waals surface area (Å²) in [5.41, 5.74) is 6.74. The van der Waals surface area contributed by atoms with Crippen LogP contribution in [0.25, 0.3) is 0 Å². The van der Waals surface area contributed by atoms with E-state index in [-0.39, 0.29) is 11.5 Å². The van der Waals surface area contributed by atoms with Gasteiger partial charge in [-0.1, -0.05) is 27.7 Å². The van der Waals surface area contributed by atoms with Crippen molar-refractivity contribution in [2.24, 2.45) is 0 Å². The summed E-state index contributed by atoms with van der Waals surface area (Å²) < 4.78 is 6.13. The smallest absolute Gasteiger partial charge is 0.159 e. The van der Waals surface area contributed by atoms with Crippen molar-refractivity contribution in [3.05, 3.63) is 16.0 Å². The van der Waals surface area contributed by atoms with Gasteiger partial charge in [-0.15, -0.1) is 0 Å². The molecule has 17 heavy (non-hydrogen) atoms. The third-order valence-corrected chi connectivity index (χ3v) is 3.33. The van der Waals surface area contributed by atoms with Crippen LogP contribution in [0.2, 0.25) is 0 Å². The minimum absolute atomic E-state index is 0.0866. The minimum atomic E-state index is -0.105. The molecule has 5 heteroatoms. The van der Waals surface area contributed by atoms with Crippen LogP contribution in [-0.2, 0) is 10.2 Å². The Hall–Kier alpha value is -0.680. The zero-order chi connectivity index (χ0) is 13.2. The van der Waals surface area contributed by atoms with Gasteiger partial charge in [0, 0.05) is 12.5 Å². The van der Waals surface area contributed by atoms with Crippen LogP contribution in [0, 0.1) is 0 Å². The third kappa shape index (κ3) is 3.16. The number of halogens is 1. The van der Waals surface area contributed by atoms with E-state index in [0.29, 0.717) is 11.6 Å². The Balaban J connectivity index is 3.33. The Morgan fingerprint density at radius 1 is 1.35 bits per heavy atom. The van der Waals surface area contributed by atoms with Gasteiger partial charge in [0.25, 0.3) is 0 Å². The van der Waals surface area contributed by atoms with Crippen LogP contribution < -0.4 is 5.73 Å². The molecule has 0 radical (unpaired) electrons. The molecule has 1 unspecified atom stereocenters. The Labute approximate surface area is 111 Å². The Morgan fingerprint density at radius 2 is 1.94 bits per heavy atom. The molecule has 0 aliphatic carbocycles. The number of ether oxygens (including phenoxy) is 1. The van der Waals surface area contributed by atoms with Gasteiger partial charge in [-0.05, 0) is 22.4 Å². The molecule has 0 spiro atoms. The molecule has 0 amide bonds. The molecular formula is C12H20BrN3O. The zero-order valence-corrected chi connectivity index (χ0v) is 12.6. The second kappa shape index (κ2) is 5.31. The van der Waals surface area contributed by atoms with E-state index in [1.807, 2.05) is 6.92 Å². The van der Waals surface area contributed by atoms with E-state index >= 15 is 0 Å². The van der Waals surface area contributed by atoms with E-state index in [1.165, 1.54) is 0 Å². The highest BCUT2D eigenvalue weighted by Crippen LogP contribution is 2.32. The fraction of sp³-hybridized carbons (Fsp3) is 0.667. The van der Waals surface area contributed by atoms with Crippen LogP contribution in [-0.4, -0.2) is 17.1 Å². The lowest BCUT2D eigenvalue weighted by Crippen LogP contribution is -2.19. The monoisotopic (exact) mass is 301 g/mol. The van der Waals surface area contributed by atoms with Crippen molar-refractivity contribution in [1.29, 1.82) is 0 Å². The van der Waals surface area contributed by atoms with Crippen LogP contribution in [0.4, 0.5) is 5.82 Å². The molecule has 0 saturated carbocycles. The van der Waals surface area contributed by atoms with Gasteiger partial charge in [0.2, 0.25) is 0 Å². The maximum absolute atomic E-state index is 5.91. The largest absolute Gasteiger partial charge is 0.383 e. The van der Waals surface area contributed by atoms with E-state index in [2.05, 4.69) is 46.7 Å². The SMILES string of the molecule is CCC(OC)c1nc(N)c(Br)c(C(C)(C)C)n1. The highest BCUT2D eigenvalue weighted by molar-refractivity contribution is 9.10. The molecule has 0 aliphatic heterocycles. The molecular weight excluding hydrogens is 282 g/mol. The highest BCUT2D eigenvalue weighted by Gasteiger charge is 2.24. The molecule has 96 valence electrons. The summed E-state index contributed by atoms with van der Waals surface area (Å²) in [7, 11) is 1.66. The molecule has 4 nitrogen and oxygen atoms in total. The molecule has 1 aromatic heterocycles. The van der Waals surface area contributed by atoms with Crippen LogP contribution >= 0.6 is 15.9 Å². The maximum atomic E-state index is 5.91. The molecule has 1 heterocycles. The van der Waals surface area contributed by atoms with Crippen LogP contribution in [0.5, 0.6) is 0 Å². The van der Waals surface area contributed by atoms with Crippen molar-refractivity contribution < 1.29 is 4.74 Å². The Bertz CT molecular complexity index is 397. The first kappa shape index (κ1) is 14.4. The van der Waals surface area contributed by atoms with E-state index in [4.69, 9.17) is 10.5 Å². The number of nitrogen functional groups attached to an aromatic ring is 1. The number of nitrogens with zero attached hydrogens (tertiary/aromatic N) is 2. The summed E-state index contributed by atoms with van der Waals surface area (Å²) in [5.74, 6) is 1.12.